The first kappa shape index (κ1) is 14.3. The maximum atomic E-state index is 12.0. The van der Waals surface area contributed by atoms with Crippen molar-refractivity contribution in [3.63, 3.8) is 0 Å². The number of anilines is 1. The van der Waals surface area contributed by atoms with Gasteiger partial charge in [0.05, 0.1) is 0 Å². The van der Waals surface area contributed by atoms with Crippen molar-refractivity contribution in [1.82, 2.24) is 5.32 Å². The fourth-order valence-corrected chi connectivity index (χ4v) is 3.38. The van der Waals surface area contributed by atoms with Gasteiger partial charge in [0.25, 0.3) is 5.91 Å². The third-order valence-corrected chi connectivity index (χ3v) is 4.35. The molecule has 1 atom stereocenters. The first-order valence-corrected chi connectivity index (χ1v) is 7.97. The Labute approximate surface area is 119 Å². The number of amides is 1. The SMILES string of the molecule is Cc1cc(NC2CCSC2)ccc1C(=O)NC(C)C. The van der Waals surface area contributed by atoms with Crippen LogP contribution in [-0.4, -0.2) is 29.5 Å². The summed E-state index contributed by atoms with van der Waals surface area (Å²) in [6, 6.07) is 6.72. The van der Waals surface area contributed by atoms with E-state index in [1.807, 2.05) is 44.7 Å². The molecule has 0 bridgehead atoms. The Bertz CT molecular complexity index is 453. The Morgan fingerprint density at radius 3 is 2.79 bits per heavy atom. The van der Waals surface area contributed by atoms with E-state index in [0.29, 0.717) is 6.04 Å². The highest BCUT2D eigenvalue weighted by atomic mass is 32.2. The molecule has 1 unspecified atom stereocenters. The molecular formula is C15H22N2OS. The van der Waals surface area contributed by atoms with E-state index >= 15 is 0 Å². The van der Waals surface area contributed by atoms with Gasteiger partial charge in [0, 0.05) is 29.1 Å². The van der Waals surface area contributed by atoms with Crippen LogP contribution in [-0.2, 0) is 0 Å². The minimum absolute atomic E-state index is 0.00970. The average Bonchev–Trinajstić information content (AvgIpc) is 2.80. The molecule has 0 aliphatic carbocycles. The van der Waals surface area contributed by atoms with Gasteiger partial charge in [-0.1, -0.05) is 0 Å². The Hall–Kier alpha value is -1.16. The normalized spacial score (nSPS) is 18.6. The van der Waals surface area contributed by atoms with Crippen LogP contribution in [0.1, 0.15) is 36.2 Å². The van der Waals surface area contributed by atoms with Gasteiger partial charge in [-0.25, -0.2) is 0 Å². The number of hydrogen-bond acceptors (Lipinski definition) is 3. The zero-order chi connectivity index (χ0) is 13.8. The quantitative estimate of drug-likeness (QED) is 0.889. The molecule has 1 saturated heterocycles. The van der Waals surface area contributed by atoms with E-state index in [-0.39, 0.29) is 11.9 Å². The van der Waals surface area contributed by atoms with E-state index in [4.69, 9.17) is 0 Å². The third-order valence-electron chi connectivity index (χ3n) is 3.19. The minimum atomic E-state index is 0.00970. The van der Waals surface area contributed by atoms with Crippen molar-refractivity contribution in [2.24, 2.45) is 0 Å². The zero-order valence-electron chi connectivity index (χ0n) is 11.8. The fraction of sp³-hybridized carbons (Fsp3) is 0.533. The molecular weight excluding hydrogens is 256 g/mol. The Balaban J connectivity index is 2.05. The topological polar surface area (TPSA) is 41.1 Å². The zero-order valence-corrected chi connectivity index (χ0v) is 12.6. The Kier molecular flexibility index (Phi) is 4.75. The predicted octanol–water partition coefficient (Wildman–Crippen LogP) is 3.05. The Morgan fingerprint density at radius 1 is 1.42 bits per heavy atom. The lowest BCUT2D eigenvalue weighted by Crippen LogP contribution is -2.30. The molecule has 0 aromatic heterocycles. The molecule has 0 radical (unpaired) electrons. The third kappa shape index (κ3) is 3.90. The second kappa shape index (κ2) is 6.33. The first-order chi connectivity index (χ1) is 9.06. The van der Waals surface area contributed by atoms with E-state index < -0.39 is 0 Å². The fourth-order valence-electron chi connectivity index (χ4n) is 2.23. The molecule has 0 spiro atoms. The van der Waals surface area contributed by atoms with Crippen LogP contribution >= 0.6 is 11.8 Å². The van der Waals surface area contributed by atoms with Gasteiger partial charge < -0.3 is 10.6 Å². The van der Waals surface area contributed by atoms with Gasteiger partial charge in [0.2, 0.25) is 0 Å². The molecule has 1 aliphatic heterocycles. The molecule has 1 aromatic carbocycles. The van der Waals surface area contributed by atoms with Gasteiger partial charge in [0.15, 0.2) is 0 Å². The van der Waals surface area contributed by atoms with Crippen molar-refractivity contribution in [2.75, 3.05) is 16.8 Å². The standard InChI is InChI=1S/C15H22N2OS/c1-10(2)16-15(18)14-5-4-12(8-11(14)3)17-13-6-7-19-9-13/h4-5,8,10,13,17H,6-7,9H2,1-3H3,(H,16,18). The van der Waals surface area contributed by atoms with Crippen molar-refractivity contribution >= 4 is 23.4 Å². The van der Waals surface area contributed by atoms with Gasteiger partial charge >= 0.3 is 0 Å². The molecule has 2 N–H and O–H groups in total. The summed E-state index contributed by atoms with van der Waals surface area (Å²) in [5.74, 6) is 2.43. The summed E-state index contributed by atoms with van der Waals surface area (Å²) in [7, 11) is 0. The highest BCUT2D eigenvalue weighted by Gasteiger charge is 2.16. The van der Waals surface area contributed by atoms with Gasteiger partial charge in [-0.3, -0.25) is 4.79 Å². The highest BCUT2D eigenvalue weighted by molar-refractivity contribution is 7.99. The molecule has 1 fully saturated rings. The summed E-state index contributed by atoms with van der Waals surface area (Å²) in [6.45, 7) is 5.94. The number of thioether (sulfide) groups is 1. The largest absolute Gasteiger partial charge is 0.381 e. The van der Waals surface area contributed by atoms with Crippen molar-refractivity contribution in [1.29, 1.82) is 0 Å². The molecule has 1 aromatic rings. The van der Waals surface area contributed by atoms with Gasteiger partial charge in [-0.15, -0.1) is 0 Å². The van der Waals surface area contributed by atoms with E-state index in [9.17, 15) is 4.79 Å². The molecule has 1 heterocycles. The van der Waals surface area contributed by atoms with Gasteiger partial charge in [0.1, 0.15) is 0 Å². The second-order valence-corrected chi connectivity index (χ2v) is 6.51. The molecule has 4 heteroatoms. The molecule has 104 valence electrons. The van der Waals surface area contributed by atoms with Crippen molar-refractivity contribution in [2.45, 2.75) is 39.3 Å². The van der Waals surface area contributed by atoms with Gasteiger partial charge in [-0.2, -0.15) is 11.8 Å². The summed E-state index contributed by atoms with van der Waals surface area (Å²) in [5.41, 5.74) is 2.90. The minimum Gasteiger partial charge on any atom is -0.381 e. The number of hydrogen-bond donors (Lipinski definition) is 2. The molecule has 3 nitrogen and oxygen atoms in total. The maximum Gasteiger partial charge on any atom is 0.251 e. The van der Waals surface area contributed by atoms with Crippen LogP contribution in [0.25, 0.3) is 0 Å². The molecule has 19 heavy (non-hydrogen) atoms. The molecule has 1 amide bonds. The van der Waals surface area contributed by atoms with E-state index in [2.05, 4.69) is 16.7 Å². The summed E-state index contributed by atoms with van der Waals surface area (Å²) in [4.78, 5) is 12.0. The number of rotatable bonds is 4. The van der Waals surface area contributed by atoms with Crippen molar-refractivity contribution in [3.05, 3.63) is 29.3 Å². The number of benzene rings is 1. The first-order valence-electron chi connectivity index (χ1n) is 6.82. The highest BCUT2D eigenvalue weighted by Crippen LogP contribution is 2.22. The number of nitrogens with one attached hydrogen (secondary N) is 2. The Morgan fingerprint density at radius 2 is 2.21 bits per heavy atom. The van der Waals surface area contributed by atoms with E-state index in [0.717, 1.165) is 16.8 Å². The molecule has 2 rings (SSSR count). The average molecular weight is 278 g/mol. The number of aryl methyl sites for hydroxylation is 1. The molecule has 1 aliphatic rings. The monoisotopic (exact) mass is 278 g/mol. The number of carbonyl (C=O) groups excluding carboxylic acids is 1. The van der Waals surface area contributed by atoms with Crippen LogP contribution < -0.4 is 10.6 Å². The second-order valence-electron chi connectivity index (χ2n) is 5.36. The summed E-state index contributed by atoms with van der Waals surface area (Å²) in [6.07, 6.45) is 1.22. The van der Waals surface area contributed by atoms with Crippen LogP contribution in [0.2, 0.25) is 0 Å². The maximum absolute atomic E-state index is 12.0. The van der Waals surface area contributed by atoms with E-state index in [1.54, 1.807) is 0 Å². The smallest absolute Gasteiger partial charge is 0.251 e. The summed E-state index contributed by atoms with van der Waals surface area (Å²) < 4.78 is 0. The van der Waals surface area contributed by atoms with Crippen LogP contribution in [0.5, 0.6) is 0 Å². The van der Waals surface area contributed by atoms with Crippen LogP contribution in [0.3, 0.4) is 0 Å². The van der Waals surface area contributed by atoms with Crippen LogP contribution in [0, 0.1) is 6.92 Å². The lowest BCUT2D eigenvalue weighted by atomic mass is 10.1. The predicted molar refractivity (Wildman–Crippen MR) is 83.1 cm³/mol. The number of carbonyl (C=O) groups is 1. The summed E-state index contributed by atoms with van der Waals surface area (Å²) >= 11 is 1.99. The lowest BCUT2D eigenvalue weighted by molar-refractivity contribution is 0.0942. The molecule has 0 saturated carbocycles. The van der Waals surface area contributed by atoms with E-state index in [1.165, 1.54) is 17.9 Å². The van der Waals surface area contributed by atoms with Crippen molar-refractivity contribution < 1.29 is 4.79 Å². The van der Waals surface area contributed by atoms with Crippen LogP contribution in [0.15, 0.2) is 18.2 Å². The summed E-state index contributed by atoms with van der Waals surface area (Å²) in [5, 5.41) is 6.47. The lowest BCUT2D eigenvalue weighted by Gasteiger charge is -2.15. The van der Waals surface area contributed by atoms with Crippen molar-refractivity contribution in [3.8, 4) is 0 Å². The van der Waals surface area contributed by atoms with Crippen LogP contribution in [0.4, 0.5) is 5.69 Å². The van der Waals surface area contributed by atoms with Gasteiger partial charge in [-0.05, 0) is 56.7 Å².